The van der Waals surface area contributed by atoms with Gasteiger partial charge in [0.25, 0.3) is 11.8 Å². The van der Waals surface area contributed by atoms with Gasteiger partial charge in [-0.1, -0.05) is 6.07 Å². The number of benzene rings is 2. The third-order valence-corrected chi connectivity index (χ3v) is 9.57. The number of halogens is 1. The molecule has 0 saturated carbocycles. The first-order chi connectivity index (χ1) is 19.6. The van der Waals surface area contributed by atoms with E-state index in [4.69, 9.17) is 9.47 Å². The van der Waals surface area contributed by atoms with E-state index in [0.717, 1.165) is 4.90 Å². The van der Waals surface area contributed by atoms with Gasteiger partial charge >= 0.3 is 0 Å². The number of fused-ring (bicyclic) bond motifs is 1. The second-order valence-electron chi connectivity index (χ2n) is 12.1. The Hall–Kier alpha value is -3.42. The van der Waals surface area contributed by atoms with Crippen molar-refractivity contribution in [3.05, 3.63) is 46.3 Å². The molecule has 2 aromatic carbocycles. The van der Waals surface area contributed by atoms with Gasteiger partial charge in [0.1, 0.15) is 57.3 Å². The van der Waals surface area contributed by atoms with Gasteiger partial charge in [0.05, 0.1) is 25.3 Å². The van der Waals surface area contributed by atoms with Crippen LogP contribution in [-0.2, 0) is 34.0 Å². The average Bonchev–Trinajstić information content (AvgIpc) is 3.30. The summed E-state index contributed by atoms with van der Waals surface area (Å²) in [6, 6.07) is 4.61. The zero-order valence-corrected chi connectivity index (χ0v) is 24.3. The monoisotopic (exact) mass is 575 g/mol. The molecule has 0 aliphatic carbocycles. The summed E-state index contributed by atoms with van der Waals surface area (Å²) in [6.45, 7) is 1.83. The van der Waals surface area contributed by atoms with Gasteiger partial charge in [0.2, 0.25) is 11.6 Å². The topological polar surface area (TPSA) is 149 Å². The fraction of sp³-hybridized carbons (Fsp3) is 0.400. The first kappa shape index (κ1) is 30.1. The minimum Gasteiger partial charge on any atom is -0.508 e. The lowest BCUT2D eigenvalue weighted by atomic mass is 9.25. The number of phenols is 2. The molecule has 216 valence electrons. The van der Waals surface area contributed by atoms with E-state index in [1.165, 1.54) is 6.07 Å². The van der Waals surface area contributed by atoms with E-state index in [2.05, 4.69) is 5.32 Å². The van der Waals surface area contributed by atoms with Crippen LogP contribution in [0.1, 0.15) is 27.0 Å². The Bertz CT molecular complexity index is 1470. The molecule has 3 aliphatic heterocycles. The Morgan fingerprint density at radius 3 is 2.36 bits per heavy atom. The molecule has 3 amide bonds. The maximum absolute atomic E-state index is 15.4. The van der Waals surface area contributed by atoms with Crippen LogP contribution in [0.3, 0.4) is 0 Å². The minimum atomic E-state index is -2.37. The number of phenolic OH excluding ortho intramolecular Hbond substituents is 2. The molecule has 17 heteroatoms. The Labute approximate surface area is 246 Å². The summed E-state index contributed by atoms with van der Waals surface area (Å²) in [7, 11) is 7.88. The van der Waals surface area contributed by atoms with Gasteiger partial charge in [-0.25, -0.2) is 4.39 Å². The number of aliphatic hydroxyl groups is 1. The second kappa shape index (κ2) is 10.4. The van der Waals surface area contributed by atoms with Crippen molar-refractivity contribution in [2.24, 2.45) is 0 Å². The number of nitrogens with one attached hydrogen (secondary N) is 1. The fourth-order valence-corrected chi connectivity index (χ4v) is 5.90. The van der Waals surface area contributed by atoms with Crippen molar-refractivity contribution in [3.8, 4) is 17.2 Å². The molecule has 1 atom stereocenters. The third kappa shape index (κ3) is 4.32. The van der Waals surface area contributed by atoms with Crippen LogP contribution in [0.5, 0.6) is 17.2 Å². The molecule has 42 heavy (non-hydrogen) atoms. The number of rotatable bonds is 6. The van der Waals surface area contributed by atoms with Gasteiger partial charge < -0.3 is 24.8 Å². The molecule has 4 N–H and O–H groups in total. The first-order valence-corrected chi connectivity index (χ1v) is 13.8. The molecule has 3 heterocycles. The summed E-state index contributed by atoms with van der Waals surface area (Å²) in [5.41, 5.74) is -1.51. The van der Waals surface area contributed by atoms with Crippen molar-refractivity contribution in [1.82, 2.24) is 15.1 Å². The molecule has 2 saturated heterocycles. The van der Waals surface area contributed by atoms with Crippen molar-refractivity contribution >= 4 is 62.4 Å². The molecule has 3 aliphatic rings. The van der Waals surface area contributed by atoms with Gasteiger partial charge in [-0.15, -0.1) is 0 Å². The van der Waals surface area contributed by atoms with Crippen molar-refractivity contribution < 1.29 is 43.6 Å². The van der Waals surface area contributed by atoms with E-state index in [0.29, 0.717) is 37.3 Å². The van der Waals surface area contributed by atoms with Crippen molar-refractivity contribution in [1.29, 1.82) is 0 Å². The Balaban J connectivity index is 1.42. The molecule has 2 fully saturated rings. The largest absolute Gasteiger partial charge is 0.508 e. The summed E-state index contributed by atoms with van der Waals surface area (Å²) in [6.07, 6.45) is 0. The van der Waals surface area contributed by atoms with E-state index in [1.807, 2.05) is 4.90 Å². The zero-order chi connectivity index (χ0) is 30.8. The summed E-state index contributed by atoms with van der Waals surface area (Å²) in [5.74, 6) is -3.96. The van der Waals surface area contributed by atoms with Gasteiger partial charge in [-0.2, -0.15) is 0 Å². The second-order valence-corrected chi connectivity index (χ2v) is 12.1. The first-order valence-electron chi connectivity index (χ1n) is 13.8. The van der Waals surface area contributed by atoms with Crippen LogP contribution in [0, 0.1) is 5.82 Å². The molecule has 5 rings (SSSR count). The van der Waals surface area contributed by atoms with Gasteiger partial charge in [-0.3, -0.25) is 29.5 Å². The highest BCUT2D eigenvalue weighted by molar-refractivity contribution is 6.64. The van der Waals surface area contributed by atoms with Crippen LogP contribution >= 0.6 is 0 Å². The summed E-state index contributed by atoms with van der Waals surface area (Å²) < 4.78 is 26.6. The number of aromatic hydroxyl groups is 2. The van der Waals surface area contributed by atoms with Crippen molar-refractivity contribution in [2.75, 3.05) is 26.3 Å². The lowest BCUT2D eigenvalue weighted by molar-refractivity contribution is -0.172. The average molecular weight is 575 g/mol. The molecular weight excluding hydrogens is 543 g/mol. The SMILES string of the molecule is Bc1c(O)c(COc2cccc3c2CN(C2(O)C(=O)NC(=O)C(B)(B)C2(B)B)C3=O)c(F)c(O)c1CN1CCOCC1. The minimum absolute atomic E-state index is 0.170. The van der Waals surface area contributed by atoms with E-state index in [-0.39, 0.29) is 41.3 Å². The third-order valence-electron chi connectivity index (χ3n) is 9.57. The van der Waals surface area contributed by atoms with Crippen LogP contribution in [0.25, 0.3) is 0 Å². The molecular formula is C25H31B5FN3O8. The number of carbonyl (C=O) groups excluding carboxylic acids is 3. The predicted octanol–water partition coefficient (Wildman–Crippen LogP) is -5.03. The molecule has 11 nitrogen and oxygen atoms in total. The normalized spacial score (nSPS) is 23.5. The highest BCUT2D eigenvalue weighted by Crippen LogP contribution is 2.55. The molecule has 0 spiro atoms. The number of carbonyl (C=O) groups is 3. The lowest BCUT2D eigenvalue weighted by Crippen LogP contribution is -2.74. The van der Waals surface area contributed by atoms with E-state index < -0.39 is 52.0 Å². The van der Waals surface area contributed by atoms with Crippen LogP contribution < -0.4 is 15.5 Å². The molecule has 2 aromatic rings. The Kier molecular flexibility index (Phi) is 7.43. The quantitative estimate of drug-likeness (QED) is 0.151. The summed E-state index contributed by atoms with van der Waals surface area (Å²) in [5, 5.41) is 33.0. The Morgan fingerprint density at radius 1 is 1.02 bits per heavy atom. The standard InChI is InChI=1S/C25H31B5FN3O8/c26-16-13(8-33-4-6-41-7-5-33)19(36)17(31)14(18(16)35)10-42-15-3-1-2-11-12(15)9-34(20(11)37)24(40)22(39)32-21(38)23(27,28)25(24,29)30/h1-3,35-36,40H,4-10,26-30H2,(H,32,38,39). The summed E-state index contributed by atoms with van der Waals surface area (Å²) >= 11 is 0. The summed E-state index contributed by atoms with van der Waals surface area (Å²) in [4.78, 5) is 42.3. The fourth-order valence-electron chi connectivity index (χ4n) is 5.90. The number of hydrogen-bond donors (Lipinski definition) is 4. The van der Waals surface area contributed by atoms with Crippen LogP contribution in [0.2, 0.25) is 10.4 Å². The number of morpholine rings is 1. The number of nitrogens with zero attached hydrogens (tertiary/aromatic N) is 2. The maximum atomic E-state index is 15.4. The molecule has 0 radical (unpaired) electrons. The van der Waals surface area contributed by atoms with Gasteiger partial charge in [0, 0.05) is 36.3 Å². The highest BCUT2D eigenvalue weighted by atomic mass is 19.1. The van der Waals surface area contributed by atoms with E-state index in [9.17, 15) is 29.7 Å². The lowest BCUT2D eigenvalue weighted by Gasteiger charge is -2.56. The number of amides is 3. The van der Waals surface area contributed by atoms with Crippen LogP contribution in [0.4, 0.5) is 4.39 Å². The van der Waals surface area contributed by atoms with Gasteiger partial charge in [-0.05, 0) is 28.0 Å². The predicted molar refractivity (Wildman–Crippen MR) is 162 cm³/mol. The van der Waals surface area contributed by atoms with E-state index >= 15 is 4.39 Å². The molecule has 0 aromatic heterocycles. The molecule has 0 bridgehead atoms. The number of imide groups is 1. The zero-order valence-electron chi connectivity index (χ0n) is 24.3. The maximum Gasteiger partial charge on any atom is 0.278 e. The van der Waals surface area contributed by atoms with Crippen molar-refractivity contribution in [3.63, 3.8) is 0 Å². The van der Waals surface area contributed by atoms with Gasteiger partial charge in [0.15, 0.2) is 11.6 Å². The van der Waals surface area contributed by atoms with Crippen LogP contribution in [-0.4, -0.2) is 114 Å². The van der Waals surface area contributed by atoms with Crippen molar-refractivity contribution in [2.45, 2.75) is 35.8 Å². The highest BCUT2D eigenvalue weighted by Gasteiger charge is 2.67. The number of hydrogen-bond acceptors (Lipinski definition) is 9. The Morgan fingerprint density at radius 2 is 1.69 bits per heavy atom. The number of ether oxygens (including phenoxy) is 2. The van der Waals surface area contributed by atoms with E-state index in [1.54, 1.807) is 51.4 Å². The molecule has 1 unspecified atom stereocenters. The van der Waals surface area contributed by atoms with Crippen LogP contribution in [0.15, 0.2) is 18.2 Å². The smallest absolute Gasteiger partial charge is 0.278 e. The number of piperidine rings is 1.